The first-order valence-corrected chi connectivity index (χ1v) is 18.8. The molecule has 0 heterocycles. The fraction of sp³-hybridized carbons (Fsp3) is 0.400. The fourth-order valence-corrected chi connectivity index (χ4v) is 8.40. The molecule has 8 atom stereocenters. The van der Waals surface area contributed by atoms with Gasteiger partial charge in [0.25, 0.3) is 0 Å². The summed E-state index contributed by atoms with van der Waals surface area (Å²) in [5, 5.41) is 0. The number of alkyl halides is 3. The van der Waals surface area contributed by atoms with Crippen LogP contribution in [0.15, 0.2) is 91.0 Å². The second-order valence-corrected chi connectivity index (χ2v) is 15.6. The van der Waals surface area contributed by atoms with Gasteiger partial charge in [0, 0.05) is 23.9 Å². The number of carbonyl (C=O) groups excluding carboxylic acids is 3. The van der Waals surface area contributed by atoms with Crippen LogP contribution in [0.4, 0.5) is 0 Å². The number of ether oxygens (including phenoxy) is 3. The molecule has 0 aliphatic rings. The third-order valence-electron chi connectivity index (χ3n) is 7.67. The topological polar surface area (TPSA) is 131 Å². The van der Waals surface area contributed by atoms with E-state index in [1.54, 1.807) is 6.92 Å². The van der Waals surface area contributed by atoms with E-state index >= 15 is 0 Å². The van der Waals surface area contributed by atoms with Gasteiger partial charge in [0.05, 0.1) is 17.8 Å². The SMILES string of the molecule is CCC(I)C(I)C(I)C(C(=O)OCc1ccccc1)C(C(=O)OCc1ccccc1)C(C(=O)OCc1ccccc1)C(N)C(C)N. The van der Waals surface area contributed by atoms with Gasteiger partial charge in [-0.1, -0.05) is 166 Å². The number of nitrogens with two attached hydrogens (primary N) is 2. The molecule has 0 fully saturated rings. The van der Waals surface area contributed by atoms with Crippen molar-refractivity contribution in [2.75, 3.05) is 0 Å². The van der Waals surface area contributed by atoms with Crippen molar-refractivity contribution in [3.8, 4) is 0 Å². The van der Waals surface area contributed by atoms with E-state index in [0.717, 1.165) is 23.1 Å². The Morgan fingerprint density at radius 2 is 0.935 bits per heavy atom. The second-order valence-electron chi connectivity index (χ2n) is 11.1. The molecule has 3 rings (SSSR count). The van der Waals surface area contributed by atoms with E-state index in [1.165, 1.54) is 0 Å². The Hall–Kier alpha value is -1.82. The van der Waals surface area contributed by atoms with Crippen LogP contribution in [0, 0.1) is 17.8 Å². The van der Waals surface area contributed by atoms with Crippen molar-refractivity contribution in [2.45, 2.75) is 63.9 Å². The van der Waals surface area contributed by atoms with Gasteiger partial charge in [0.1, 0.15) is 19.8 Å². The van der Waals surface area contributed by atoms with Gasteiger partial charge in [0.15, 0.2) is 0 Å². The van der Waals surface area contributed by atoms with Gasteiger partial charge in [-0.15, -0.1) is 0 Å². The third-order valence-corrected chi connectivity index (χ3v) is 15.3. The summed E-state index contributed by atoms with van der Waals surface area (Å²) in [7, 11) is 0. The molecule has 0 bridgehead atoms. The Balaban J connectivity index is 2.09. The largest absolute Gasteiger partial charge is 0.461 e. The lowest BCUT2D eigenvalue weighted by atomic mass is 9.74. The molecule has 0 amide bonds. The number of benzene rings is 3. The molecule has 8 nitrogen and oxygen atoms in total. The summed E-state index contributed by atoms with van der Waals surface area (Å²) >= 11 is 6.88. The van der Waals surface area contributed by atoms with Crippen LogP contribution >= 0.6 is 67.8 Å². The van der Waals surface area contributed by atoms with Gasteiger partial charge in [-0.3, -0.25) is 14.4 Å². The average molecular weight is 966 g/mol. The van der Waals surface area contributed by atoms with Crippen molar-refractivity contribution in [1.82, 2.24) is 0 Å². The smallest absolute Gasteiger partial charge is 0.311 e. The number of rotatable bonds is 17. The lowest BCUT2D eigenvalue weighted by molar-refractivity contribution is -0.171. The summed E-state index contributed by atoms with van der Waals surface area (Å²) in [6.45, 7) is 3.64. The maximum Gasteiger partial charge on any atom is 0.311 e. The quantitative estimate of drug-likeness (QED) is 0.0674. The summed E-state index contributed by atoms with van der Waals surface area (Å²) in [5.41, 5.74) is 15.3. The monoisotopic (exact) mass is 966 g/mol. The first-order chi connectivity index (χ1) is 22.0. The maximum atomic E-state index is 14.3. The number of carbonyl (C=O) groups is 3. The molecule has 8 unspecified atom stereocenters. The van der Waals surface area contributed by atoms with Gasteiger partial charge >= 0.3 is 17.9 Å². The molecule has 0 aromatic heterocycles. The van der Waals surface area contributed by atoms with E-state index in [9.17, 15) is 14.4 Å². The molecule has 3 aromatic rings. The first-order valence-electron chi connectivity index (χ1n) is 15.1. The van der Waals surface area contributed by atoms with Gasteiger partial charge in [-0.05, 0) is 30.0 Å². The highest BCUT2D eigenvalue weighted by atomic mass is 127. The summed E-state index contributed by atoms with van der Waals surface area (Å²) < 4.78 is 17.2. The van der Waals surface area contributed by atoms with Crippen LogP contribution in [0.25, 0.3) is 0 Å². The number of hydrogen-bond donors (Lipinski definition) is 2. The molecule has 0 aliphatic carbocycles. The number of halogens is 3. The molecule has 0 saturated carbocycles. The molecule has 3 aromatic carbocycles. The molecule has 0 aliphatic heterocycles. The van der Waals surface area contributed by atoms with Crippen molar-refractivity contribution in [3.63, 3.8) is 0 Å². The highest BCUT2D eigenvalue weighted by Crippen LogP contribution is 2.40. The lowest BCUT2D eigenvalue weighted by Gasteiger charge is -2.37. The van der Waals surface area contributed by atoms with Crippen LogP contribution in [-0.4, -0.2) is 41.8 Å². The van der Waals surface area contributed by atoms with Crippen LogP contribution in [0.3, 0.4) is 0 Å². The van der Waals surface area contributed by atoms with Gasteiger partial charge in [0.2, 0.25) is 0 Å². The Morgan fingerprint density at radius 3 is 1.28 bits per heavy atom. The second kappa shape index (κ2) is 19.9. The zero-order valence-electron chi connectivity index (χ0n) is 25.8. The first kappa shape index (κ1) is 38.6. The molecular weight excluding hydrogens is 925 g/mol. The predicted molar refractivity (Wildman–Crippen MR) is 205 cm³/mol. The highest BCUT2D eigenvalue weighted by Gasteiger charge is 2.52. The van der Waals surface area contributed by atoms with Crippen LogP contribution in [-0.2, 0) is 48.4 Å². The van der Waals surface area contributed by atoms with Gasteiger partial charge < -0.3 is 25.7 Å². The molecule has 0 spiro atoms. The van der Waals surface area contributed by atoms with Crippen molar-refractivity contribution >= 4 is 85.7 Å². The van der Waals surface area contributed by atoms with E-state index in [1.807, 2.05) is 91.0 Å². The lowest BCUT2D eigenvalue weighted by Crippen LogP contribution is -2.56. The van der Waals surface area contributed by atoms with Crippen molar-refractivity contribution < 1.29 is 28.6 Å². The van der Waals surface area contributed by atoms with Crippen molar-refractivity contribution in [2.24, 2.45) is 29.2 Å². The van der Waals surface area contributed by atoms with Gasteiger partial charge in [-0.25, -0.2) is 0 Å². The minimum absolute atomic E-state index is 0.00113. The van der Waals surface area contributed by atoms with Crippen LogP contribution in [0.2, 0.25) is 0 Å². The number of esters is 3. The molecule has 0 radical (unpaired) electrons. The Kier molecular flexibility index (Phi) is 16.7. The minimum atomic E-state index is -1.34. The molecule has 0 saturated heterocycles. The fourth-order valence-electron chi connectivity index (χ4n) is 4.96. The molecule has 11 heteroatoms. The Labute approximate surface area is 312 Å². The standard InChI is InChI=1S/C35H41I3N2O6/c1-3-26(36)30(37)31(38)28(34(42)45-20-24-15-9-5-10-16-24)27(33(41)44-19-23-13-7-4-8-14-23)29(32(40)22(2)39)35(43)46-21-25-17-11-6-12-18-25/h4-18,22,26-32H,3,19-21,39-40H2,1-2H3. The molecule has 248 valence electrons. The van der Waals surface area contributed by atoms with Crippen LogP contribution in [0.1, 0.15) is 37.0 Å². The molecule has 4 N–H and O–H groups in total. The third kappa shape index (κ3) is 11.4. The maximum absolute atomic E-state index is 14.3. The van der Waals surface area contributed by atoms with Crippen LogP contribution < -0.4 is 11.5 Å². The van der Waals surface area contributed by atoms with E-state index in [-0.39, 0.29) is 27.7 Å². The van der Waals surface area contributed by atoms with E-state index < -0.39 is 51.7 Å². The normalized spacial score (nSPS) is 16.5. The van der Waals surface area contributed by atoms with E-state index in [0.29, 0.717) is 0 Å². The Bertz CT molecular complexity index is 1370. The van der Waals surface area contributed by atoms with E-state index in [4.69, 9.17) is 25.7 Å². The van der Waals surface area contributed by atoms with Crippen molar-refractivity contribution in [1.29, 1.82) is 0 Å². The summed E-state index contributed by atoms with van der Waals surface area (Å²) in [4.78, 5) is 42.6. The minimum Gasteiger partial charge on any atom is -0.461 e. The molecular formula is C35H41I3N2O6. The predicted octanol–water partition coefficient (Wildman–Crippen LogP) is 6.56. The summed E-state index contributed by atoms with van der Waals surface area (Å²) in [6, 6.07) is 26.0. The summed E-state index contributed by atoms with van der Waals surface area (Å²) in [5.74, 6) is -5.82. The van der Waals surface area contributed by atoms with Crippen molar-refractivity contribution in [3.05, 3.63) is 108 Å². The number of hydrogen-bond acceptors (Lipinski definition) is 8. The Morgan fingerprint density at radius 1 is 0.587 bits per heavy atom. The zero-order chi connectivity index (χ0) is 33.6. The van der Waals surface area contributed by atoms with Gasteiger partial charge in [-0.2, -0.15) is 0 Å². The van der Waals surface area contributed by atoms with Crippen LogP contribution in [0.5, 0.6) is 0 Å². The summed E-state index contributed by atoms with van der Waals surface area (Å²) in [6.07, 6.45) is 0.838. The van der Waals surface area contributed by atoms with E-state index in [2.05, 4.69) is 74.7 Å². The highest BCUT2D eigenvalue weighted by molar-refractivity contribution is 14.1. The molecule has 46 heavy (non-hydrogen) atoms. The zero-order valence-corrected chi connectivity index (χ0v) is 32.3. The average Bonchev–Trinajstić information content (AvgIpc) is 3.08.